The van der Waals surface area contributed by atoms with Gasteiger partial charge in [0.15, 0.2) is 23.2 Å². The predicted octanol–water partition coefficient (Wildman–Crippen LogP) is 14.8. The summed E-state index contributed by atoms with van der Waals surface area (Å²) in [7, 11) is 0. The van der Waals surface area contributed by atoms with Crippen LogP contribution in [0.25, 0.3) is 55.5 Å². The second kappa shape index (κ2) is 17.6. The summed E-state index contributed by atoms with van der Waals surface area (Å²) in [4.78, 5) is 52.4. The van der Waals surface area contributed by atoms with Crippen molar-refractivity contribution in [1.29, 1.82) is 0 Å². The van der Waals surface area contributed by atoms with E-state index in [-0.39, 0.29) is 29.0 Å². The molecule has 0 bridgehead atoms. The van der Waals surface area contributed by atoms with Crippen molar-refractivity contribution in [2.24, 2.45) is 0 Å². The van der Waals surface area contributed by atoms with Gasteiger partial charge in [0.1, 0.15) is 5.82 Å². The summed E-state index contributed by atoms with van der Waals surface area (Å²) in [5.74, 6) is 1.58. The first-order valence-corrected chi connectivity index (χ1v) is 23.4. The highest BCUT2D eigenvalue weighted by Crippen LogP contribution is 2.55. The fourth-order valence-electron chi connectivity index (χ4n) is 9.77. The van der Waals surface area contributed by atoms with Crippen LogP contribution in [0.2, 0.25) is 0 Å². The number of anilines is 4. The summed E-state index contributed by atoms with van der Waals surface area (Å²) in [6.07, 6.45) is 10.9. The molecule has 0 radical (unpaired) electrons. The number of fused-ring (bicyclic) bond motifs is 3. The fraction of sp³-hybridized carbons (Fsp3) is 0.115. The molecular weight excluding hydrogens is 849 g/mol. The molecular formula is C61H48N6O2. The van der Waals surface area contributed by atoms with Crippen LogP contribution in [0.15, 0.2) is 200 Å². The number of rotatable bonds is 9. The Hall–Kier alpha value is -8.62. The molecule has 9 aromatic rings. The van der Waals surface area contributed by atoms with E-state index in [0.717, 1.165) is 83.6 Å². The van der Waals surface area contributed by atoms with E-state index in [4.69, 9.17) is 9.97 Å². The standard InChI is InChI=1S/C61H48N6O2/c1-37(2)46-13-10-14-47(38(3)4)56(46)66-55(26-25-50-58(68)48-11-6-7-12-49(48)59(50)69)67(61-60(66)64-53-15-8-9-16-54(53)65-61)57-51(44-21-17-40(18-22-44)42-27-31-62-32-28-42)35-39(5)36-52(57)45-23-19-41(20-24-45)43-29-33-63-34-30-43/h6-38H,1-5H3/b55-26+. The maximum atomic E-state index is 14.2. The Morgan fingerprint density at radius 2 is 0.841 bits per heavy atom. The number of allylic oxidation sites excluding steroid dienone is 3. The van der Waals surface area contributed by atoms with E-state index in [2.05, 4.69) is 133 Å². The Balaban J connectivity index is 1.24. The first-order chi connectivity index (χ1) is 33.6. The predicted molar refractivity (Wildman–Crippen MR) is 278 cm³/mol. The van der Waals surface area contributed by atoms with Gasteiger partial charge in [0.25, 0.3) is 0 Å². The number of aromatic nitrogens is 4. The third-order valence-electron chi connectivity index (χ3n) is 13.2. The monoisotopic (exact) mass is 896 g/mol. The average molecular weight is 897 g/mol. The summed E-state index contributed by atoms with van der Waals surface area (Å²) < 4.78 is 0. The van der Waals surface area contributed by atoms with Crippen molar-refractivity contribution in [1.82, 2.24) is 19.9 Å². The van der Waals surface area contributed by atoms with E-state index in [1.165, 1.54) is 0 Å². The number of pyridine rings is 2. The smallest absolute Gasteiger partial charge is 0.197 e. The van der Waals surface area contributed by atoms with Crippen molar-refractivity contribution in [2.45, 2.75) is 46.5 Å². The Kier molecular flexibility index (Phi) is 10.9. The van der Waals surface area contributed by atoms with Gasteiger partial charge in [-0.15, -0.1) is 0 Å². The van der Waals surface area contributed by atoms with Gasteiger partial charge in [0.2, 0.25) is 0 Å². The van der Waals surface area contributed by atoms with Crippen LogP contribution < -0.4 is 9.80 Å². The first kappa shape index (κ1) is 43.0. The lowest BCUT2D eigenvalue weighted by atomic mass is 9.91. The highest BCUT2D eigenvalue weighted by atomic mass is 16.2. The molecule has 2 aliphatic rings. The molecule has 4 heterocycles. The molecule has 0 saturated heterocycles. The third-order valence-corrected chi connectivity index (χ3v) is 13.2. The minimum absolute atomic E-state index is 0.106. The second-order valence-electron chi connectivity index (χ2n) is 18.3. The third kappa shape index (κ3) is 7.60. The van der Waals surface area contributed by atoms with E-state index in [0.29, 0.717) is 28.6 Å². The van der Waals surface area contributed by atoms with Crippen molar-refractivity contribution in [3.8, 4) is 44.5 Å². The molecule has 0 atom stereocenters. The lowest BCUT2D eigenvalue weighted by molar-refractivity contribution is 0.0988. The summed E-state index contributed by atoms with van der Waals surface area (Å²) in [5, 5.41) is 0. The zero-order valence-electron chi connectivity index (χ0n) is 39.1. The van der Waals surface area contributed by atoms with E-state index >= 15 is 0 Å². The van der Waals surface area contributed by atoms with Crippen LogP contribution in [0, 0.1) is 6.92 Å². The highest BCUT2D eigenvalue weighted by Gasteiger charge is 2.42. The molecule has 0 unspecified atom stereocenters. The van der Waals surface area contributed by atoms with Crippen LogP contribution in [0.4, 0.5) is 23.0 Å². The number of para-hydroxylation sites is 3. The lowest BCUT2D eigenvalue weighted by Gasteiger charge is -2.32. The molecule has 1 aliphatic carbocycles. The summed E-state index contributed by atoms with van der Waals surface area (Å²) >= 11 is 0. The number of carbonyl (C=O) groups excluding carboxylic acids is 2. The Bertz CT molecular complexity index is 3380. The SMILES string of the molecule is Cc1cc(-c2ccc(-c3ccncc3)cc2)c(N2/C(=C/C=C3C(=O)c4ccccc4C3=O)N(c3c(C(C)C)cccc3C(C)C)c3nc4ccccc4nc32)c(-c2ccc(-c3ccncc3)cc2)c1. The largest absolute Gasteiger partial charge is 0.288 e. The number of carbonyl (C=O) groups is 2. The summed E-state index contributed by atoms with van der Waals surface area (Å²) in [6.45, 7) is 11.0. The van der Waals surface area contributed by atoms with Crippen LogP contribution >= 0.6 is 0 Å². The van der Waals surface area contributed by atoms with Gasteiger partial charge in [-0.25, -0.2) is 9.97 Å². The van der Waals surface area contributed by atoms with E-state index in [9.17, 15) is 9.59 Å². The number of ketones is 2. The maximum absolute atomic E-state index is 14.2. The molecule has 8 nitrogen and oxygen atoms in total. The molecule has 334 valence electrons. The second-order valence-corrected chi connectivity index (χ2v) is 18.3. The number of nitrogens with zero attached hydrogens (tertiary/aromatic N) is 6. The van der Waals surface area contributed by atoms with Gasteiger partial charge in [-0.2, -0.15) is 0 Å². The van der Waals surface area contributed by atoms with Crippen LogP contribution in [0.5, 0.6) is 0 Å². The van der Waals surface area contributed by atoms with Crippen molar-refractivity contribution in [2.75, 3.05) is 9.80 Å². The Labute approximate surface area is 402 Å². The maximum Gasteiger partial charge on any atom is 0.197 e. The number of aryl methyl sites for hydroxylation is 1. The first-order valence-electron chi connectivity index (χ1n) is 23.4. The molecule has 0 amide bonds. The molecule has 8 heteroatoms. The molecule has 0 N–H and O–H groups in total. The number of hydrogen-bond donors (Lipinski definition) is 0. The minimum Gasteiger partial charge on any atom is -0.288 e. The zero-order chi connectivity index (χ0) is 47.3. The quantitative estimate of drug-likeness (QED) is 0.104. The summed E-state index contributed by atoms with van der Waals surface area (Å²) in [6, 6.07) is 51.4. The van der Waals surface area contributed by atoms with Crippen LogP contribution in [-0.4, -0.2) is 31.5 Å². The molecule has 6 aromatic carbocycles. The highest BCUT2D eigenvalue weighted by molar-refractivity contribution is 6.39. The van der Waals surface area contributed by atoms with Crippen LogP contribution in [0.3, 0.4) is 0 Å². The van der Waals surface area contributed by atoms with Gasteiger partial charge in [-0.3, -0.25) is 29.4 Å². The van der Waals surface area contributed by atoms with Crippen molar-refractivity contribution in [3.63, 3.8) is 0 Å². The number of Topliss-reactive ketones (excluding diaryl/α,β-unsaturated/α-hetero) is 2. The fourth-order valence-corrected chi connectivity index (χ4v) is 9.77. The average Bonchev–Trinajstić information content (AvgIpc) is 3.82. The lowest BCUT2D eigenvalue weighted by Crippen LogP contribution is -2.25. The van der Waals surface area contributed by atoms with E-state index in [1.807, 2.05) is 79.4 Å². The van der Waals surface area contributed by atoms with E-state index in [1.54, 1.807) is 30.3 Å². The number of hydrogen-bond acceptors (Lipinski definition) is 8. The van der Waals surface area contributed by atoms with Gasteiger partial charge in [-0.05, 0) is 130 Å². The van der Waals surface area contributed by atoms with Crippen molar-refractivity contribution in [3.05, 3.63) is 228 Å². The van der Waals surface area contributed by atoms with Gasteiger partial charge in [-0.1, -0.05) is 131 Å². The van der Waals surface area contributed by atoms with Gasteiger partial charge in [0.05, 0.1) is 28.0 Å². The molecule has 3 aromatic heterocycles. The molecule has 0 spiro atoms. The molecule has 0 fully saturated rings. The van der Waals surface area contributed by atoms with Gasteiger partial charge >= 0.3 is 0 Å². The topological polar surface area (TPSA) is 92.2 Å². The minimum atomic E-state index is -0.297. The van der Waals surface area contributed by atoms with Gasteiger partial charge < -0.3 is 0 Å². The van der Waals surface area contributed by atoms with Crippen molar-refractivity contribution >= 4 is 45.6 Å². The van der Waals surface area contributed by atoms with Crippen molar-refractivity contribution < 1.29 is 9.59 Å². The Morgan fingerprint density at radius 1 is 0.435 bits per heavy atom. The van der Waals surface area contributed by atoms with Gasteiger partial charge in [0, 0.05) is 47.0 Å². The molecule has 11 rings (SSSR count). The molecule has 69 heavy (non-hydrogen) atoms. The Morgan fingerprint density at radius 3 is 1.29 bits per heavy atom. The van der Waals surface area contributed by atoms with Crippen LogP contribution in [-0.2, 0) is 0 Å². The van der Waals surface area contributed by atoms with E-state index < -0.39 is 0 Å². The normalized spacial score (nSPS) is 13.8. The molecule has 1 aliphatic heterocycles. The molecule has 0 saturated carbocycles. The zero-order valence-corrected chi connectivity index (χ0v) is 39.1. The summed E-state index contributed by atoms with van der Waals surface area (Å²) in [5.41, 5.74) is 15.8. The number of benzene rings is 6. The van der Waals surface area contributed by atoms with Crippen LogP contribution in [0.1, 0.15) is 76.9 Å².